The fraction of sp³-hybridized carbons (Fsp3) is 0.333. The third kappa shape index (κ3) is 2.30. The number of aliphatic hydroxyl groups is 1. The molecule has 0 aliphatic carbocycles. The molecular weight excluding hydrogens is 312 g/mol. The van der Waals surface area contributed by atoms with Crippen molar-refractivity contribution in [3.8, 4) is 28.7 Å². The monoisotopic (exact) mass is 330 g/mol. The molecule has 2 heterocycles. The van der Waals surface area contributed by atoms with Crippen LogP contribution in [0.1, 0.15) is 30.4 Å². The van der Waals surface area contributed by atoms with Crippen molar-refractivity contribution in [1.29, 1.82) is 0 Å². The van der Waals surface area contributed by atoms with Crippen LogP contribution in [0.2, 0.25) is 0 Å². The quantitative estimate of drug-likeness (QED) is 0.882. The van der Waals surface area contributed by atoms with Crippen LogP contribution in [0.25, 0.3) is 0 Å². The Labute approximate surface area is 139 Å². The first-order valence-electron chi connectivity index (χ1n) is 7.69. The van der Waals surface area contributed by atoms with Crippen LogP contribution in [0.4, 0.5) is 0 Å². The topological polar surface area (TPSA) is 77.4 Å². The third-order valence-corrected chi connectivity index (χ3v) is 4.42. The zero-order valence-corrected chi connectivity index (χ0v) is 13.4. The molecule has 0 spiro atoms. The fourth-order valence-corrected chi connectivity index (χ4v) is 3.33. The molecule has 2 aromatic carbocycles. The summed E-state index contributed by atoms with van der Waals surface area (Å²) in [6, 6.07) is 8.88. The zero-order chi connectivity index (χ0) is 16.9. The number of benzene rings is 2. The normalized spacial score (nSPS) is 24.2. The lowest BCUT2D eigenvalue weighted by Crippen LogP contribution is -2.38. The Bertz CT molecular complexity index is 798. The van der Waals surface area contributed by atoms with Gasteiger partial charge in [-0.3, -0.25) is 0 Å². The number of ether oxygens (including phenoxy) is 4. The molecule has 2 aliphatic heterocycles. The number of phenols is 1. The lowest BCUT2D eigenvalue weighted by atomic mass is 9.82. The van der Waals surface area contributed by atoms with Gasteiger partial charge in [0.1, 0.15) is 5.75 Å². The van der Waals surface area contributed by atoms with Gasteiger partial charge in [-0.15, -0.1) is 0 Å². The van der Waals surface area contributed by atoms with Gasteiger partial charge in [-0.05, 0) is 12.1 Å². The second-order valence-corrected chi connectivity index (χ2v) is 6.18. The van der Waals surface area contributed by atoms with E-state index in [1.807, 2.05) is 18.2 Å². The van der Waals surface area contributed by atoms with E-state index in [4.69, 9.17) is 18.9 Å². The van der Waals surface area contributed by atoms with Crippen molar-refractivity contribution in [1.82, 2.24) is 0 Å². The lowest BCUT2D eigenvalue weighted by Gasteiger charge is -2.36. The molecule has 0 radical (unpaired) electrons. The Balaban J connectivity index is 1.88. The molecule has 6 nitrogen and oxygen atoms in total. The molecule has 2 N–H and O–H groups in total. The van der Waals surface area contributed by atoms with Gasteiger partial charge >= 0.3 is 0 Å². The minimum Gasteiger partial charge on any atom is -0.504 e. The number of methoxy groups -OCH3 is 1. The van der Waals surface area contributed by atoms with Crippen LogP contribution in [0.5, 0.6) is 28.7 Å². The van der Waals surface area contributed by atoms with Gasteiger partial charge in [0.15, 0.2) is 23.0 Å². The molecule has 2 aliphatic rings. The predicted octanol–water partition coefficient (Wildman–Crippen LogP) is 2.75. The highest BCUT2D eigenvalue weighted by molar-refractivity contribution is 5.58. The summed E-state index contributed by atoms with van der Waals surface area (Å²) in [6.45, 7) is 1.76. The Kier molecular flexibility index (Phi) is 3.25. The van der Waals surface area contributed by atoms with Gasteiger partial charge in [-0.2, -0.15) is 0 Å². The van der Waals surface area contributed by atoms with E-state index in [1.54, 1.807) is 19.1 Å². The van der Waals surface area contributed by atoms with E-state index in [0.717, 1.165) is 5.56 Å². The highest BCUT2D eigenvalue weighted by Crippen LogP contribution is 2.51. The average Bonchev–Trinajstić information content (AvgIpc) is 2.99. The summed E-state index contributed by atoms with van der Waals surface area (Å²) >= 11 is 0. The van der Waals surface area contributed by atoms with Gasteiger partial charge in [0.2, 0.25) is 12.6 Å². The largest absolute Gasteiger partial charge is 0.504 e. The number of hydrogen-bond donors (Lipinski definition) is 2. The van der Waals surface area contributed by atoms with Crippen LogP contribution in [-0.4, -0.2) is 29.9 Å². The predicted molar refractivity (Wildman–Crippen MR) is 84.9 cm³/mol. The molecule has 0 saturated carbocycles. The number of fused-ring (bicyclic) bond motifs is 2. The van der Waals surface area contributed by atoms with Gasteiger partial charge in [0, 0.05) is 36.5 Å². The molecule has 126 valence electrons. The zero-order valence-electron chi connectivity index (χ0n) is 13.4. The number of phenolic OH excluding ortho intramolecular Hbond substituents is 1. The Hall–Kier alpha value is -2.60. The van der Waals surface area contributed by atoms with Gasteiger partial charge in [0.25, 0.3) is 0 Å². The molecule has 0 saturated heterocycles. The standard InChI is InChI=1S/C18H18O6/c1-18(20)8-12(10-4-3-5-13(21-2)17(10)19)11-6-15-16(23-9-22-15)7-14(11)24-18/h3-7,12,19-20H,8-9H2,1-2H3/t12-,18+/m1/s1. The summed E-state index contributed by atoms with van der Waals surface area (Å²) < 4.78 is 21.7. The summed E-state index contributed by atoms with van der Waals surface area (Å²) in [6.07, 6.45) is 0.292. The summed E-state index contributed by atoms with van der Waals surface area (Å²) in [4.78, 5) is 0. The van der Waals surface area contributed by atoms with Crippen molar-refractivity contribution in [2.24, 2.45) is 0 Å². The molecule has 2 aromatic rings. The highest BCUT2D eigenvalue weighted by Gasteiger charge is 2.39. The number of aromatic hydroxyl groups is 1. The summed E-state index contributed by atoms with van der Waals surface area (Å²) in [5.74, 6) is 0.551. The first-order valence-corrected chi connectivity index (χ1v) is 7.69. The molecule has 0 amide bonds. The van der Waals surface area contributed by atoms with Gasteiger partial charge in [-0.25, -0.2) is 0 Å². The molecule has 0 aromatic heterocycles. The minimum absolute atomic E-state index is 0.0614. The third-order valence-electron chi connectivity index (χ3n) is 4.42. The second-order valence-electron chi connectivity index (χ2n) is 6.18. The first-order chi connectivity index (χ1) is 11.5. The molecule has 24 heavy (non-hydrogen) atoms. The van der Waals surface area contributed by atoms with Crippen LogP contribution < -0.4 is 18.9 Å². The Morgan fingerprint density at radius 3 is 2.62 bits per heavy atom. The summed E-state index contributed by atoms with van der Waals surface area (Å²) in [5, 5.41) is 21.0. The van der Waals surface area contributed by atoms with Crippen LogP contribution in [0.15, 0.2) is 30.3 Å². The molecule has 0 unspecified atom stereocenters. The van der Waals surface area contributed by atoms with Crippen molar-refractivity contribution in [3.63, 3.8) is 0 Å². The first kappa shape index (κ1) is 15.0. The number of para-hydroxylation sites is 1. The molecule has 4 rings (SSSR count). The van der Waals surface area contributed by atoms with E-state index in [2.05, 4.69) is 0 Å². The van der Waals surface area contributed by atoms with E-state index in [0.29, 0.717) is 35.0 Å². The number of rotatable bonds is 2. The molecule has 6 heteroatoms. The average molecular weight is 330 g/mol. The summed E-state index contributed by atoms with van der Waals surface area (Å²) in [5.41, 5.74) is 1.49. The summed E-state index contributed by atoms with van der Waals surface area (Å²) in [7, 11) is 1.50. The molecular formula is C18H18O6. The van der Waals surface area contributed by atoms with Crippen molar-refractivity contribution in [3.05, 3.63) is 41.5 Å². The van der Waals surface area contributed by atoms with Crippen LogP contribution in [0.3, 0.4) is 0 Å². The minimum atomic E-state index is -1.36. The van der Waals surface area contributed by atoms with Gasteiger partial charge in [0.05, 0.1) is 7.11 Å². The van der Waals surface area contributed by atoms with Gasteiger partial charge < -0.3 is 29.2 Å². The van der Waals surface area contributed by atoms with E-state index in [-0.39, 0.29) is 18.5 Å². The van der Waals surface area contributed by atoms with Crippen LogP contribution in [-0.2, 0) is 0 Å². The van der Waals surface area contributed by atoms with Crippen molar-refractivity contribution < 1.29 is 29.2 Å². The highest BCUT2D eigenvalue weighted by atomic mass is 16.7. The van der Waals surface area contributed by atoms with E-state index >= 15 is 0 Å². The Morgan fingerprint density at radius 1 is 1.12 bits per heavy atom. The Morgan fingerprint density at radius 2 is 1.88 bits per heavy atom. The maximum atomic E-state index is 10.5. The number of hydrogen-bond acceptors (Lipinski definition) is 6. The maximum absolute atomic E-state index is 10.5. The van der Waals surface area contributed by atoms with Crippen molar-refractivity contribution in [2.45, 2.75) is 25.0 Å². The van der Waals surface area contributed by atoms with E-state index in [1.165, 1.54) is 7.11 Å². The van der Waals surface area contributed by atoms with E-state index < -0.39 is 5.79 Å². The van der Waals surface area contributed by atoms with E-state index in [9.17, 15) is 10.2 Å². The van der Waals surface area contributed by atoms with Crippen LogP contribution in [0, 0.1) is 0 Å². The molecule has 0 bridgehead atoms. The van der Waals surface area contributed by atoms with Crippen molar-refractivity contribution in [2.75, 3.05) is 13.9 Å². The van der Waals surface area contributed by atoms with Crippen molar-refractivity contribution >= 4 is 0 Å². The molecule has 0 fully saturated rings. The van der Waals surface area contributed by atoms with Crippen LogP contribution >= 0.6 is 0 Å². The SMILES string of the molecule is COc1cccc([C@H]2C[C@@](C)(O)Oc3cc4c(cc32)OCO4)c1O. The second kappa shape index (κ2) is 5.21. The smallest absolute Gasteiger partial charge is 0.231 e. The molecule has 2 atom stereocenters. The fourth-order valence-electron chi connectivity index (χ4n) is 3.33. The van der Waals surface area contributed by atoms with Gasteiger partial charge in [-0.1, -0.05) is 12.1 Å². The lowest BCUT2D eigenvalue weighted by molar-refractivity contribution is -0.137. The maximum Gasteiger partial charge on any atom is 0.231 e.